The third-order valence-corrected chi connectivity index (χ3v) is 3.76. The van der Waals surface area contributed by atoms with Gasteiger partial charge in [-0.1, -0.05) is 11.8 Å². The third kappa shape index (κ3) is 3.66. The number of rotatable bonds is 5. The molecule has 2 heterocycles. The molecule has 5 nitrogen and oxygen atoms in total. The molecule has 0 spiro atoms. The highest BCUT2D eigenvalue weighted by Gasteiger charge is 2.14. The van der Waals surface area contributed by atoms with Crippen LogP contribution in [0.5, 0.6) is 0 Å². The second kappa shape index (κ2) is 6.17. The first-order chi connectivity index (χ1) is 9.45. The van der Waals surface area contributed by atoms with Gasteiger partial charge in [-0.3, -0.25) is 4.79 Å². The number of carbonyl (C=O) groups is 1. The van der Waals surface area contributed by atoms with Crippen molar-refractivity contribution in [2.45, 2.75) is 32.5 Å². The van der Waals surface area contributed by atoms with Crippen molar-refractivity contribution in [3.05, 3.63) is 35.1 Å². The molecule has 0 fully saturated rings. The zero-order valence-electron chi connectivity index (χ0n) is 12.1. The van der Waals surface area contributed by atoms with E-state index in [-0.39, 0.29) is 5.91 Å². The largest absolute Gasteiger partial charge is 0.464 e. The van der Waals surface area contributed by atoms with Crippen LogP contribution in [0, 0.1) is 20.8 Å². The SMILES string of the molecule is Cc1ccc(CN(C)C(=O)CSc2nc(C)c(C)o2)o1. The number of aromatic nitrogens is 1. The van der Waals surface area contributed by atoms with Crippen LogP contribution in [0.3, 0.4) is 0 Å². The number of thioether (sulfide) groups is 1. The first-order valence-electron chi connectivity index (χ1n) is 6.32. The molecule has 0 aliphatic rings. The minimum absolute atomic E-state index is 0.0116. The van der Waals surface area contributed by atoms with Crippen LogP contribution < -0.4 is 0 Å². The topological polar surface area (TPSA) is 59.5 Å². The predicted molar refractivity (Wildman–Crippen MR) is 76.6 cm³/mol. The molecule has 0 saturated heterocycles. The number of oxazole rings is 1. The Balaban J connectivity index is 1.85. The molecule has 2 aromatic rings. The maximum atomic E-state index is 12.0. The minimum atomic E-state index is 0.0116. The number of carbonyl (C=O) groups excluding carboxylic acids is 1. The van der Waals surface area contributed by atoms with E-state index in [9.17, 15) is 4.79 Å². The molecular weight excluding hydrogens is 276 g/mol. The average molecular weight is 294 g/mol. The zero-order chi connectivity index (χ0) is 14.7. The van der Waals surface area contributed by atoms with Crippen molar-refractivity contribution in [3.63, 3.8) is 0 Å². The lowest BCUT2D eigenvalue weighted by molar-refractivity contribution is -0.127. The van der Waals surface area contributed by atoms with Crippen molar-refractivity contribution >= 4 is 17.7 Å². The quantitative estimate of drug-likeness (QED) is 0.793. The Hall–Kier alpha value is -1.69. The highest BCUT2D eigenvalue weighted by molar-refractivity contribution is 7.99. The highest BCUT2D eigenvalue weighted by Crippen LogP contribution is 2.20. The maximum Gasteiger partial charge on any atom is 0.256 e. The summed E-state index contributed by atoms with van der Waals surface area (Å²) in [5.41, 5.74) is 0.861. The Labute approximate surface area is 122 Å². The summed E-state index contributed by atoms with van der Waals surface area (Å²) in [6, 6.07) is 3.77. The van der Waals surface area contributed by atoms with E-state index < -0.39 is 0 Å². The van der Waals surface area contributed by atoms with Crippen LogP contribution in [-0.4, -0.2) is 28.6 Å². The Morgan fingerprint density at radius 1 is 1.30 bits per heavy atom. The maximum absolute atomic E-state index is 12.0. The van der Waals surface area contributed by atoms with Crippen molar-refractivity contribution in [3.8, 4) is 0 Å². The number of hydrogen-bond donors (Lipinski definition) is 0. The van der Waals surface area contributed by atoms with Crippen LogP contribution in [0.15, 0.2) is 26.2 Å². The van der Waals surface area contributed by atoms with Gasteiger partial charge in [0.1, 0.15) is 17.3 Å². The molecule has 0 atom stereocenters. The van der Waals surface area contributed by atoms with Crippen molar-refractivity contribution < 1.29 is 13.6 Å². The number of amides is 1. The fourth-order valence-corrected chi connectivity index (χ4v) is 2.48. The molecule has 1 amide bonds. The molecule has 20 heavy (non-hydrogen) atoms. The lowest BCUT2D eigenvalue weighted by atomic mass is 10.4. The zero-order valence-corrected chi connectivity index (χ0v) is 12.9. The van der Waals surface area contributed by atoms with E-state index in [1.165, 1.54) is 11.8 Å². The molecule has 108 valence electrons. The second-order valence-corrected chi connectivity index (χ2v) is 5.60. The van der Waals surface area contributed by atoms with Gasteiger partial charge >= 0.3 is 0 Å². The van der Waals surface area contributed by atoms with E-state index in [0.717, 1.165) is 23.0 Å². The molecule has 0 bridgehead atoms. The summed E-state index contributed by atoms with van der Waals surface area (Å²) >= 11 is 1.31. The van der Waals surface area contributed by atoms with E-state index in [1.807, 2.05) is 32.9 Å². The van der Waals surface area contributed by atoms with Gasteiger partial charge in [-0.2, -0.15) is 0 Å². The second-order valence-electron chi connectivity index (χ2n) is 4.67. The smallest absolute Gasteiger partial charge is 0.256 e. The summed E-state index contributed by atoms with van der Waals surface area (Å²) in [5.74, 6) is 2.74. The Kier molecular flexibility index (Phi) is 4.54. The Bertz CT molecular complexity index is 584. The van der Waals surface area contributed by atoms with Gasteiger partial charge in [-0.05, 0) is 32.9 Å². The van der Waals surface area contributed by atoms with E-state index in [0.29, 0.717) is 17.5 Å². The molecule has 2 rings (SSSR count). The van der Waals surface area contributed by atoms with Crippen LogP contribution in [0.2, 0.25) is 0 Å². The van der Waals surface area contributed by atoms with E-state index in [2.05, 4.69) is 4.98 Å². The van der Waals surface area contributed by atoms with Gasteiger partial charge in [-0.25, -0.2) is 4.98 Å². The standard InChI is InChI=1S/C14H18N2O3S/c1-9-5-6-12(18-9)7-16(4)13(17)8-20-14-15-10(2)11(3)19-14/h5-6H,7-8H2,1-4H3. The molecule has 0 radical (unpaired) electrons. The van der Waals surface area contributed by atoms with E-state index in [4.69, 9.17) is 8.83 Å². The van der Waals surface area contributed by atoms with Crippen LogP contribution in [0.1, 0.15) is 23.0 Å². The van der Waals surface area contributed by atoms with Crippen LogP contribution in [0.4, 0.5) is 0 Å². The van der Waals surface area contributed by atoms with Crippen molar-refractivity contribution in [1.29, 1.82) is 0 Å². The summed E-state index contributed by atoms with van der Waals surface area (Å²) in [7, 11) is 1.76. The van der Waals surface area contributed by atoms with Gasteiger partial charge in [0.05, 0.1) is 18.0 Å². The molecule has 6 heteroatoms. The van der Waals surface area contributed by atoms with Crippen molar-refractivity contribution in [2.24, 2.45) is 0 Å². The van der Waals surface area contributed by atoms with Gasteiger partial charge in [0.2, 0.25) is 5.91 Å². The predicted octanol–water partition coefficient (Wildman–Crippen LogP) is 2.94. The van der Waals surface area contributed by atoms with E-state index in [1.54, 1.807) is 11.9 Å². The van der Waals surface area contributed by atoms with Crippen molar-refractivity contribution in [1.82, 2.24) is 9.88 Å². The molecule has 0 unspecified atom stereocenters. The normalized spacial score (nSPS) is 10.8. The first-order valence-corrected chi connectivity index (χ1v) is 7.30. The minimum Gasteiger partial charge on any atom is -0.464 e. The van der Waals surface area contributed by atoms with Crippen molar-refractivity contribution in [2.75, 3.05) is 12.8 Å². The fraction of sp³-hybridized carbons (Fsp3) is 0.429. The molecule has 0 aromatic carbocycles. The van der Waals surface area contributed by atoms with Gasteiger partial charge < -0.3 is 13.7 Å². The number of hydrogen-bond acceptors (Lipinski definition) is 5. The average Bonchev–Trinajstić information content (AvgIpc) is 2.93. The number of aryl methyl sites for hydroxylation is 3. The van der Waals surface area contributed by atoms with Gasteiger partial charge in [-0.15, -0.1) is 0 Å². The fourth-order valence-electron chi connectivity index (χ4n) is 1.63. The molecule has 0 aliphatic carbocycles. The monoisotopic (exact) mass is 294 g/mol. The van der Waals surface area contributed by atoms with E-state index >= 15 is 0 Å². The number of nitrogens with zero attached hydrogens (tertiary/aromatic N) is 2. The first kappa shape index (κ1) is 14.7. The summed E-state index contributed by atoms with van der Waals surface area (Å²) < 4.78 is 10.9. The lowest BCUT2D eigenvalue weighted by Gasteiger charge is -2.14. The molecular formula is C14H18N2O3S. The van der Waals surface area contributed by atoms with Gasteiger partial charge in [0.15, 0.2) is 0 Å². The Morgan fingerprint density at radius 2 is 2.05 bits per heavy atom. The molecule has 0 N–H and O–H groups in total. The Morgan fingerprint density at radius 3 is 2.60 bits per heavy atom. The molecule has 2 aromatic heterocycles. The van der Waals surface area contributed by atoms with Crippen LogP contribution in [-0.2, 0) is 11.3 Å². The summed E-state index contributed by atoms with van der Waals surface area (Å²) in [5, 5.41) is 0.538. The number of furan rings is 1. The summed E-state index contributed by atoms with van der Waals surface area (Å²) in [6.07, 6.45) is 0. The molecule has 0 aliphatic heterocycles. The van der Waals surface area contributed by atoms with Crippen LogP contribution >= 0.6 is 11.8 Å². The van der Waals surface area contributed by atoms with Crippen LogP contribution in [0.25, 0.3) is 0 Å². The third-order valence-electron chi connectivity index (χ3n) is 2.94. The van der Waals surface area contributed by atoms with Gasteiger partial charge in [0.25, 0.3) is 5.22 Å². The molecule has 0 saturated carbocycles. The highest BCUT2D eigenvalue weighted by atomic mass is 32.2. The van der Waals surface area contributed by atoms with Gasteiger partial charge in [0, 0.05) is 7.05 Å². The summed E-state index contributed by atoms with van der Waals surface area (Å²) in [6.45, 7) is 6.10. The lowest BCUT2D eigenvalue weighted by Crippen LogP contribution is -2.27. The summed E-state index contributed by atoms with van der Waals surface area (Å²) in [4.78, 5) is 17.9.